The van der Waals surface area contributed by atoms with Crippen LogP contribution in [0.5, 0.6) is 0 Å². The predicted octanol–water partition coefficient (Wildman–Crippen LogP) is 2.54. The number of nitrogens with zero attached hydrogens (tertiary/aromatic N) is 4. The molecule has 8 heteroatoms. The molecule has 3 aromatic rings. The van der Waals surface area contributed by atoms with Crippen LogP contribution >= 0.6 is 11.8 Å². The van der Waals surface area contributed by atoms with Crippen molar-refractivity contribution < 1.29 is 4.42 Å². The van der Waals surface area contributed by atoms with Crippen molar-refractivity contribution in [3.05, 3.63) is 42.3 Å². The van der Waals surface area contributed by atoms with Gasteiger partial charge in [-0.2, -0.15) is 0 Å². The normalized spacial score (nSPS) is 12.2. The van der Waals surface area contributed by atoms with E-state index >= 15 is 0 Å². The molecule has 4 N–H and O–H groups in total. The zero-order chi connectivity index (χ0) is 15.5. The van der Waals surface area contributed by atoms with Gasteiger partial charge in [-0.05, 0) is 19.1 Å². The standard InChI is InChI=1S/C14H14N6OS/c1-8(22-14-17-10(15)7-11(16)18-14)12-19-20-13(21-12)9-5-3-2-4-6-9/h2-8H,1H3,(H4,15,16,17,18). The van der Waals surface area contributed by atoms with Gasteiger partial charge in [-0.3, -0.25) is 0 Å². The van der Waals surface area contributed by atoms with E-state index in [1.54, 1.807) is 0 Å². The highest BCUT2D eigenvalue weighted by molar-refractivity contribution is 7.99. The Kier molecular flexibility index (Phi) is 3.92. The van der Waals surface area contributed by atoms with Crippen molar-refractivity contribution in [2.24, 2.45) is 0 Å². The summed E-state index contributed by atoms with van der Waals surface area (Å²) in [5, 5.41) is 8.50. The average molecular weight is 314 g/mol. The van der Waals surface area contributed by atoms with Gasteiger partial charge in [0.25, 0.3) is 0 Å². The first kappa shape index (κ1) is 14.3. The molecule has 0 aliphatic carbocycles. The highest BCUT2D eigenvalue weighted by Gasteiger charge is 2.18. The Morgan fingerprint density at radius 1 is 1.05 bits per heavy atom. The lowest BCUT2D eigenvalue weighted by atomic mass is 10.2. The smallest absolute Gasteiger partial charge is 0.247 e. The maximum absolute atomic E-state index is 5.70. The summed E-state index contributed by atoms with van der Waals surface area (Å²) in [6.45, 7) is 1.93. The molecule has 0 amide bonds. The van der Waals surface area contributed by atoms with Crippen LogP contribution in [0.2, 0.25) is 0 Å². The first-order chi connectivity index (χ1) is 10.6. The van der Waals surface area contributed by atoms with Crippen LogP contribution in [-0.4, -0.2) is 20.2 Å². The van der Waals surface area contributed by atoms with Gasteiger partial charge >= 0.3 is 0 Å². The first-order valence-electron chi connectivity index (χ1n) is 6.57. The minimum Gasteiger partial charge on any atom is -0.419 e. The molecule has 1 unspecified atom stereocenters. The molecule has 0 aliphatic rings. The summed E-state index contributed by atoms with van der Waals surface area (Å²) in [6.07, 6.45) is 0. The predicted molar refractivity (Wildman–Crippen MR) is 84.9 cm³/mol. The summed E-state index contributed by atoms with van der Waals surface area (Å²) in [7, 11) is 0. The second-order valence-electron chi connectivity index (χ2n) is 4.57. The van der Waals surface area contributed by atoms with Gasteiger partial charge in [0.15, 0.2) is 5.16 Å². The number of nitrogens with two attached hydrogens (primary N) is 2. The van der Waals surface area contributed by atoms with E-state index in [4.69, 9.17) is 15.9 Å². The van der Waals surface area contributed by atoms with Gasteiger partial charge in [0.2, 0.25) is 11.8 Å². The summed E-state index contributed by atoms with van der Waals surface area (Å²) in [5.41, 5.74) is 12.2. The lowest BCUT2D eigenvalue weighted by Gasteiger charge is -2.06. The van der Waals surface area contributed by atoms with Gasteiger partial charge in [-0.1, -0.05) is 30.0 Å². The van der Waals surface area contributed by atoms with E-state index in [2.05, 4.69) is 20.2 Å². The number of anilines is 2. The lowest BCUT2D eigenvalue weighted by molar-refractivity contribution is 0.509. The Bertz CT molecular complexity index is 756. The fourth-order valence-electron chi connectivity index (χ4n) is 1.82. The summed E-state index contributed by atoms with van der Waals surface area (Å²) < 4.78 is 5.70. The van der Waals surface area contributed by atoms with Gasteiger partial charge < -0.3 is 15.9 Å². The molecule has 0 spiro atoms. The molecule has 0 radical (unpaired) electrons. The summed E-state index contributed by atoms with van der Waals surface area (Å²) in [5.74, 6) is 1.64. The average Bonchev–Trinajstić information content (AvgIpc) is 2.97. The Morgan fingerprint density at radius 2 is 1.73 bits per heavy atom. The minimum absolute atomic E-state index is 0.119. The third-order valence-corrected chi connectivity index (χ3v) is 3.79. The summed E-state index contributed by atoms with van der Waals surface area (Å²) in [6, 6.07) is 11.1. The van der Waals surface area contributed by atoms with Crippen molar-refractivity contribution in [2.45, 2.75) is 17.3 Å². The van der Waals surface area contributed by atoms with Crippen LogP contribution in [0.25, 0.3) is 11.5 Å². The van der Waals surface area contributed by atoms with E-state index in [1.807, 2.05) is 37.3 Å². The Morgan fingerprint density at radius 3 is 2.41 bits per heavy atom. The van der Waals surface area contributed by atoms with E-state index in [1.165, 1.54) is 17.8 Å². The largest absolute Gasteiger partial charge is 0.419 e. The van der Waals surface area contributed by atoms with Crippen LogP contribution in [0.15, 0.2) is 46.0 Å². The van der Waals surface area contributed by atoms with Crippen LogP contribution in [0, 0.1) is 0 Å². The molecule has 0 fully saturated rings. The van der Waals surface area contributed by atoms with E-state index in [-0.39, 0.29) is 5.25 Å². The Labute approximate surface area is 131 Å². The van der Waals surface area contributed by atoms with Crippen molar-refractivity contribution in [2.75, 3.05) is 11.5 Å². The quantitative estimate of drug-likeness (QED) is 0.557. The van der Waals surface area contributed by atoms with Gasteiger partial charge in [0.1, 0.15) is 11.6 Å². The van der Waals surface area contributed by atoms with Gasteiger partial charge in [-0.25, -0.2) is 9.97 Å². The zero-order valence-corrected chi connectivity index (χ0v) is 12.6. The maximum Gasteiger partial charge on any atom is 0.247 e. The van der Waals surface area contributed by atoms with E-state index < -0.39 is 0 Å². The summed E-state index contributed by atoms with van der Waals surface area (Å²) in [4.78, 5) is 8.25. The molecule has 0 bridgehead atoms. The topological polar surface area (TPSA) is 117 Å². The number of nitrogen functional groups attached to an aromatic ring is 2. The Hall–Kier alpha value is -2.61. The van der Waals surface area contributed by atoms with Crippen molar-refractivity contribution in [3.8, 4) is 11.5 Å². The molecule has 2 heterocycles. The van der Waals surface area contributed by atoms with E-state index in [0.717, 1.165) is 5.56 Å². The SMILES string of the molecule is CC(Sc1nc(N)cc(N)n1)c1nnc(-c2ccccc2)o1. The van der Waals surface area contributed by atoms with Crippen molar-refractivity contribution in [1.29, 1.82) is 0 Å². The monoisotopic (exact) mass is 314 g/mol. The van der Waals surface area contributed by atoms with Crippen molar-refractivity contribution >= 4 is 23.4 Å². The van der Waals surface area contributed by atoms with E-state index in [0.29, 0.717) is 28.6 Å². The Balaban J connectivity index is 1.78. The highest BCUT2D eigenvalue weighted by Crippen LogP contribution is 2.33. The first-order valence-corrected chi connectivity index (χ1v) is 7.45. The number of rotatable bonds is 4. The molecule has 7 nitrogen and oxygen atoms in total. The molecule has 3 rings (SSSR count). The molecule has 1 aromatic carbocycles. The summed E-state index contributed by atoms with van der Waals surface area (Å²) >= 11 is 1.36. The van der Waals surface area contributed by atoms with Crippen LogP contribution in [0.1, 0.15) is 18.1 Å². The highest BCUT2D eigenvalue weighted by atomic mass is 32.2. The number of aromatic nitrogens is 4. The number of hydrogen-bond donors (Lipinski definition) is 2. The second kappa shape index (κ2) is 6.02. The molecule has 2 aromatic heterocycles. The molecular weight excluding hydrogens is 300 g/mol. The fraction of sp³-hybridized carbons (Fsp3) is 0.143. The van der Waals surface area contributed by atoms with Crippen molar-refractivity contribution in [1.82, 2.24) is 20.2 Å². The molecule has 0 saturated heterocycles. The number of hydrogen-bond acceptors (Lipinski definition) is 8. The second-order valence-corrected chi connectivity index (χ2v) is 5.88. The maximum atomic E-state index is 5.70. The van der Waals surface area contributed by atoms with Crippen LogP contribution in [0.3, 0.4) is 0 Å². The van der Waals surface area contributed by atoms with Gasteiger partial charge in [0, 0.05) is 11.6 Å². The molecule has 0 saturated carbocycles. The molecule has 112 valence electrons. The molecule has 0 aliphatic heterocycles. The minimum atomic E-state index is -0.119. The van der Waals surface area contributed by atoms with Gasteiger partial charge in [0.05, 0.1) is 5.25 Å². The number of benzene rings is 1. The zero-order valence-electron chi connectivity index (χ0n) is 11.8. The molecule has 1 atom stereocenters. The van der Waals surface area contributed by atoms with E-state index in [9.17, 15) is 0 Å². The van der Waals surface area contributed by atoms with Crippen LogP contribution < -0.4 is 11.5 Å². The molecule has 22 heavy (non-hydrogen) atoms. The fourth-order valence-corrected chi connectivity index (χ4v) is 2.65. The lowest BCUT2D eigenvalue weighted by Crippen LogP contribution is -2.00. The van der Waals surface area contributed by atoms with Gasteiger partial charge in [-0.15, -0.1) is 10.2 Å². The van der Waals surface area contributed by atoms with Crippen LogP contribution in [-0.2, 0) is 0 Å². The van der Waals surface area contributed by atoms with Crippen molar-refractivity contribution in [3.63, 3.8) is 0 Å². The third-order valence-electron chi connectivity index (χ3n) is 2.84. The number of thioether (sulfide) groups is 1. The van der Waals surface area contributed by atoms with Crippen LogP contribution in [0.4, 0.5) is 11.6 Å². The molecular formula is C14H14N6OS. The third kappa shape index (κ3) is 3.17.